The Morgan fingerprint density at radius 3 is 2.88 bits per heavy atom. The molecule has 174 valence electrons. The molecule has 32 heavy (non-hydrogen) atoms. The van der Waals surface area contributed by atoms with Gasteiger partial charge in [-0.2, -0.15) is 0 Å². The van der Waals surface area contributed by atoms with Crippen LogP contribution < -0.4 is 0 Å². The summed E-state index contributed by atoms with van der Waals surface area (Å²) < 4.78 is 10.8. The van der Waals surface area contributed by atoms with Gasteiger partial charge in [-0.1, -0.05) is 30.7 Å². The predicted octanol–water partition coefficient (Wildman–Crippen LogP) is 4.54. The number of hydrogen-bond acceptors (Lipinski definition) is 6. The zero-order valence-electron chi connectivity index (χ0n) is 19.1. The largest absolute Gasteiger partial charge is 0.466 e. The molecule has 0 radical (unpaired) electrons. The topological polar surface area (TPSA) is 75.9 Å². The van der Waals surface area contributed by atoms with Gasteiger partial charge in [0.25, 0.3) is 5.91 Å². The van der Waals surface area contributed by atoms with Crippen LogP contribution in [0.15, 0.2) is 34.9 Å². The van der Waals surface area contributed by atoms with Gasteiger partial charge in [-0.3, -0.25) is 14.5 Å². The molecule has 0 bridgehead atoms. The molecule has 8 heteroatoms. The number of nitrogens with zero attached hydrogens (tertiary/aromatic N) is 3. The summed E-state index contributed by atoms with van der Waals surface area (Å²) in [5.41, 5.74) is 1.38. The van der Waals surface area contributed by atoms with E-state index in [-0.39, 0.29) is 23.5 Å². The highest BCUT2D eigenvalue weighted by Gasteiger charge is 2.31. The van der Waals surface area contributed by atoms with E-state index in [9.17, 15) is 9.59 Å². The average molecular weight is 462 g/mol. The van der Waals surface area contributed by atoms with Crippen molar-refractivity contribution in [3.8, 4) is 0 Å². The Kier molecular flexibility index (Phi) is 8.70. The molecular formula is C24H32ClN3O4. The number of benzene rings is 1. The number of carbonyl (C=O) groups is 2. The number of amides is 1. The monoisotopic (exact) mass is 461 g/mol. The highest BCUT2D eigenvalue weighted by Crippen LogP contribution is 2.21. The van der Waals surface area contributed by atoms with Crippen LogP contribution in [0.2, 0.25) is 5.02 Å². The van der Waals surface area contributed by atoms with Crippen LogP contribution in [0.5, 0.6) is 0 Å². The van der Waals surface area contributed by atoms with E-state index in [0.29, 0.717) is 49.7 Å². The number of aromatic nitrogens is 1. The summed E-state index contributed by atoms with van der Waals surface area (Å²) >= 11 is 6.14. The van der Waals surface area contributed by atoms with Crippen LogP contribution in [0.3, 0.4) is 0 Å². The summed E-state index contributed by atoms with van der Waals surface area (Å²) in [6, 6.07) is 8.10. The van der Waals surface area contributed by atoms with Crippen molar-refractivity contribution in [3.63, 3.8) is 0 Å². The Morgan fingerprint density at radius 2 is 2.16 bits per heavy atom. The standard InChI is InChI=1S/C24H32ClN3O4/c1-4-17(3)28(13-18-8-6-10-20(25)12-18)15-22-26-21(16-32-22)23(29)27-11-7-9-19(14-27)24(30)31-5-2/h6,8,10,12,16-17,19H,4-5,7,9,11,13-15H2,1-3H3/t17-,19+/m1/s1. The highest BCUT2D eigenvalue weighted by atomic mass is 35.5. The van der Waals surface area contributed by atoms with Crippen molar-refractivity contribution in [2.45, 2.75) is 59.2 Å². The smallest absolute Gasteiger partial charge is 0.310 e. The first-order valence-corrected chi connectivity index (χ1v) is 11.7. The van der Waals surface area contributed by atoms with Crippen molar-refractivity contribution in [3.05, 3.63) is 52.7 Å². The zero-order valence-corrected chi connectivity index (χ0v) is 19.8. The number of oxazole rings is 1. The summed E-state index contributed by atoms with van der Waals surface area (Å²) in [7, 11) is 0. The Bertz CT molecular complexity index is 916. The summed E-state index contributed by atoms with van der Waals surface area (Å²) in [5.74, 6) is -0.234. The van der Waals surface area contributed by atoms with Gasteiger partial charge < -0.3 is 14.1 Å². The second-order valence-corrected chi connectivity index (χ2v) is 8.70. The molecule has 1 fully saturated rings. The van der Waals surface area contributed by atoms with E-state index in [0.717, 1.165) is 24.8 Å². The van der Waals surface area contributed by atoms with E-state index in [1.165, 1.54) is 6.26 Å². The first kappa shape index (κ1) is 24.3. The molecule has 0 unspecified atom stereocenters. The minimum absolute atomic E-state index is 0.209. The van der Waals surface area contributed by atoms with Crippen LogP contribution in [0.1, 0.15) is 62.0 Å². The molecule has 3 rings (SSSR count). The fourth-order valence-electron chi connectivity index (χ4n) is 3.93. The first-order valence-electron chi connectivity index (χ1n) is 11.3. The van der Waals surface area contributed by atoms with Crippen LogP contribution in [0.4, 0.5) is 0 Å². The molecule has 0 N–H and O–H groups in total. The SMILES string of the molecule is CCOC(=O)[C@H]1CCCN(C(=O)c2coc(CN(Cc3cccc(Cl)c3)[C@H](C)CC)n2)C1. The minimum Gasteiger partial charge on any atom is -0.466 e. The van der Waals surface area contributed by atoms with Gasteiger partial charge in [0.1, 0.15) is 6.26 Å². The Balaban J connectivity index is 1.66. The van der Waals surface area contributed by atoms with E-state index in [1.807, 2.05) is 24.3 Å². The van der Waals surface area contributed by atoms with E-state index >= 15 is 0 Å². The van der Waals surface area contributed by atoms with E-state index in [1.54, 1.807) is 11.8 Å². The minimum atomic E-state index is -0.280. The number of ether oxygens (including phenoxy) is 1. The maximum atomic E-state index is 13.0. The van der Waals surface area contributed by atoms with Crippen LogP contribution in [-0.2, 0) is 22.6 Å². The lowest BCUT2D eigenvalue weighted by Gasteiger charge is -2.30. The molecular weight excluding hydrogens is 430 g/mol. The molecule has 1 aromatic heterocycles. The second-order valence-electron chi connectivity index (χ2n) is 8.26. The third-order valence-corrected chi connectivity index (χ3v) is 6.16. The third kappa shape index (κ3) is 6.33. The Morgan fingerprint density at radius 1 is 1.34 bits per heavy atom. The zero-order chi connectivity index (χ0) is 23.1. The van der Waals surface area contributed by atoms with Gasteiger partial charge >= 0.3 is 5.97 Å². The predicted molar refractivity (Wildman–Crippen MR) is 122 cm³/mol. The van der Waals surface area contributed by atoms with Crippen molar-refractivity contribution in [1.29, 1.82) is 0 Å². The summed E-state index contributed by atoms with van der Waals surface area (Å²) in [6.45, 7) is 8.57. The fraction of sp³-hybridized carbons (Fsp3) is 0.542. The summed E-state index contributed by atoms with van der Waals surface area (Å²) in [4.78, 5) is 33.4. The van der Waals surface area contributed by atoms with E-state index < -0.39 is 0 Å². The van der Waals surface area contributed by atoms with Crippen molar-refractivity contribution < 1.29 is 18.7 Å². The first-order chi connectivity index (χ1) is 15.4. The molecule has 2 heterocycles. The number of carbonyl (C=O) groups excluding carboxylic acids is 2. The Labute approximate surface area is 194 Å². The molecule has 1 aliphatic heterocycles. The number of piperidine rings is 1. The van der Waals surface area contributed by atoms with Gasteiger partial charge in [-0.15, -0.1) is 0 Å². The van der Waals surface area contributed by atoms with Crippen LogP contribution in [0.25, 0.3) is 0 Å². The lowest BCUT2D eigenvalue weighted by atomic mass is 9.98. The molecule has 1 saturated heterocycles. The van der Waals surface area contributed by atoms with Crippen molar-refractivity contribution in [1.82, 2.24) is 14.8 Å². The quantitative estimate of drug-likeness (QED) is 0.510. The molecule has 7 nitrogen and oxygen atoms in total. The number of likely N-dealkylation sites (tertiary alicyclic amines) is 1. The molecule has 1 aliphatic rings. The van der Waals surface area contributed by atoms with Gasteiger partial charge in [0.05, 0.1) is 19.1 Å². The van der Waals surface area contributed by atoms with Crippen LogP contribution in [-0.4, -0.2) is 52.4 Å². The number of halogens is 1. The average Bonchev–Trinajstić information content (AvgIpc) is 3.26. The fourth-order valence-corrected chi connectivity index (χ4v) is 4.14. The van der Waals surface area contributed by atoms with Crippen molar-refractivity contribution >= 4 is 23.5 Å². The molecule has 2 aromatic rings. The van der Waals surface area contributed by atoms with Gasteiger partial charge in [-0.25, -0.2) is 4.98 Å². The van der Waals surface area contributed by atoms with Crippen LogP contribution >= 0.6 is 11.6 Å². The van der Waals surface area contributed by atoms with Crippen molar-refractivity contribution in [2.75, 3.05) is 19.7 Å². The summed E-state index contributed by atoms with van der Waals surface area (Å²) in [6.07, 6.45) is 3.89. The molecule has 0 spiro atoms. The maximum absolute atomic E-state index is 13.0. The molecule has 1 aromatic carbocycles. The lowest BCUT2D eigenvalue weighted by molar-refractivity contribution is -0.149. The van der Waals surface area contributed by atoms with E-state index in [4.69, 9.17) is 20.8 Å². The van der Waals surface area contributed by atoms with Crippen LogP contribution in [0, 0.1) is 5.92 Å². The molecule has 0 aliphatic carbocycles. The van der Waals surface area contributed by atoms with Gasteiger partial charge in [0, 0.05) is 30.7 Å². The highest BCUT2D eigenvalue weighted by molar-refractivity contribution is 6.30. The number of esters is 1. The van der Waals surface area contributed by atoms with Gasteiger partial charge in [-0.05, 0) is 50.8 Å². The lowest BCUT2D eigenvalue weighted by Crippen LogP contribution is -2.43. The van der Waals surface area contributed by atoms with Gasteiger partial charge in [0.2, 0.25) is 5.89 Å². The molecule has 2 atom stereocenters. The number of rotatable bonds is 9. The summed E-state index contributed by atoms with van der Waals surface area (Å²) in [5, 5.41) is 0.707. The van der Waals surface area contributed by atoms with Gasteiger partial charge in [0.15, 0.2) is 5.69 Å². The molecule has 0 saturated carbocycles. The molecule has 1 amide bonds. The number of hydrogen-bond donors (Lipinski definition) is 0. The Hall–Kier alpha value is -2.38. The third-order valence-electron chi connectivity index (χ3n) is 5.93. The van der Waals surface area contributed by atoms with E-state index in [2.05, 4.69) is 23.7 Å². The van der Waals surface area contributed by atoms with Crippen molar-refractivity contribution in [2.24, 2.45) is 5.92 Å². The second kappa shape index (κ2) is 11.5. The normalized spacial score (nSPS) is 17.4. The maximum Gasteiger partial charge on any atom is 0.310 e.